The zero-order chi connectivity index (χ0) is 12.8. The first-order chi connectivity index (χ1) is 8.07. The molecule has 0 aromatic carbocycles. The van der Waals surface area contributed by atoms with Gasteiger partial charge < -0.3 is 0 Å². The van der Waals surface area contributed by atoms with Crippen LogP contribution >= 0.6 is 0 Å². The summed E-state index contributed by atoms with van der Waals surface area (Å²) in [6.07, 6.45) is 6.06. The van der Waals surface area contributed by atoms with E-state index in [1.54, 1.807) is 14.0 Å². The molecule has 0 aromatic rings. The van der Waals surface area contributed by atoms with Crippen molar-refractivity contribution in [2.24, 2.45) is 11.0 Å². The summed E-state index contributed by atoms with van der Waals surface area (Å²) >= 11 is 0. The lowest BCUT2D eigenvalue weighted by Gasteiger charge is -2.08. The van der Waals surface area contributed by atoms with Crippen LogP contribution in [0, 0.1) is 5.92 Å². The van der Waals surface area contributed by atoms with E-state index in [1.807, 2.05) is 0 Å². The van der Waals surface area contributed by atoms with Crippen LogP contribution in [0.2, 0.25) is 0 Å². The minimum atomic E-state index is -0.605. The van der Waals surface area contributed by atoms with Crippen LogP contribution < -0.4 is 0 Å². The van der Waals surface area contributed by atoms with E-state index < -0.39 is 5.92 Å². The van der Waals surface area contributed by atoms with Gasteiger partial charge in [0.25, 0.3) is 5.91 Å². The van der Waals surface area contributed by atoms with Crippen LogP contribution in [0.4, 0.5) is 0 Å². The Balaban J connectivity index is 2.33. The minimum absolute atomic E-state index is 0.0251. The van der Waals surface area contributed by atoms with E-state index in [2.05, 4.69) is 12.0 Å². The van der Waals surface area contributed by atoms with Gasteiger partial charge >= 0.3 is 0 Å². The maximum Gasteiger partial charge on any atom is 0.258 e. The fourth-order valence-electron chi connectivity index (χ4n) is 2.13. The minimum Gasteiger partial charge on any atom is -0.298 e. The molecule has 0 N–H and O–H groups in total. The van der Waals surface area contributed by atoms with Crippen molar-refractivity contribution in [2.75, 3.05) is 7.05 Å². The Morgan fingerprint density at radius 2 is 1.94 bits per heavy atom. The molecule has 1 amide bonds. The van der Waals surface area contributed by atoms with Crippen LogP contribution in [-0.2, 0) is 9.59 Å². The SMILES string of the molecule is CCCCCCCC(=O)C1C(=O)N(C)N=C1C. The average molecular weight is 238 g/mol. The van der Waals surface area contributed by atoms with E-state index in [9.17, 15) is 9.59 Å². The van der Waals surface area contributed by atoms with E-state index in [4.69, 9.17) is 0 Å². The quantitative estimate of drug-likeness (QED) is 0.505. The molecular weight excluding hydrogens is 216 g/mol. The summed E-state index contributed by atoms with van der Waals surface area (Å²) in [5.41, 5.74) is 0.635. The molecular formula is C13H22N2O2. The highest BCUT2D eigenvalue weighted by molar-refractivity contribution is 6.22. The highest BCUT2D eigenvalue weighted by atomic mass is 16.2. The molecule has 17 heavy (non-hydrogen) atoms. The van der Waals surface area contributed by atoms with Gasteiger partial charge in [0.05, 0.1) is 5.71 Å². The van der Waals surface area contributed by atoms with Gasteiger partial charge in [0.1, 0.15) is 5.92 Å². The predicted octanol–water partition coefficient (Wildman–Crippen LogP) is 2.38. The molecule has 1 aliphatic rings. The Morgan fingerprint density at radius 3 is 2.47 bits per heavy atom. The van der Waals surface area contributed by atoms with E-state index in [-0.39, 0.29) is 11.7 Å². The average Bonchev–Trinajstić information content (AvgIpc) is 2.53. The van der Waals surface area contributed by atoms with Gasteiger partial charge in [-0.3, -0.25) is 9.59 Å². The first-order valence-electron chi connectivity index (χ1n) is 6.43. The molecule has 0 bridgehead atoms. The number of rotatable bonds is 7. The number of unbranched alkanes of at least 4 members (excludes halogenated alkanes) is 4. The third-order valence-electron chi connectivity index (χ3n) is 3.14. The maximum absolute atomic E-state index is 11.9. The largest absolute Gasteiger partial charge is 0.298 e. The van der Waals surface area contributed by atoms with Gasteiger partial charge in [-0.1, -0.05) is 32.6 Å². The Bertz CT molecular complexity index is 323. The first-order valence-corrected chi connectivity index (χ1v) is 6.43. The van der Waals surface area contributed by atoms with Crippen molar-refractivity contribution in [3.8, 4) is 0 Å². The van der Waals surface area contributed by atoms with Crippen molar-refractivity contribution in [2.45, 2.75) is 52.4 Å². The van der Waals surface area contributed by atoms with Gasteiger partial charge in [0.2, 0.25) is 0 Å². The van der Waals surface area contributed by atoms with E-state index in [0.29, 0.717) is 12.1 Å². The number of nitrogens with zero attached hydrogens (tertiary/aromatic N) is 2. The third-order valence-corrected chi connectivity index (χ3v) is 3.14. The summed E-state index contributed by atoms with van der Waals surface area (Å²) < 4.78 is 0. The Morgan fingerprint density at radius 1 is 1.29 bits per heavy atom. The maximum atomic E-state index is 11.9. The molecule has 0 aliphatic carbocycles. The molecule has 96 valence electrons. The highest BCUT2D eigenvalue weighted by Crippen LogP contribution is 2.18. The van der Waals surface area contributed by atoms with Crippen molar-refractivity contribution < 1.29 is 9.59 Å². The molecule has 0 saturated heterocycles. The summed E-state index contributed by atoms with van der Waals surface area (Å²) in [5, 5.41) is 5.28. The lowest BCUT2D eigenvalue weighted by Crippen LogP contribution is -2.30. The number of carbonyl (C=O) groups excluding carboxylic acids is 2. The number of carbonyl (C=O) groups is 2. The number of Topliss-reactive ketones (excluding diaryl/α,β-unsaturated/α-hetero) is 1. The van der Waals surface area contributed by atoms with Gasteiger partial charge in [0.15, 0.2) is 5.78 Å². The van der Waals surface area contributed by atoms with Crippen LogP contribution in [0.3, 0.4) is 0 Å². The molecule has 1 rings (SSSR count). The molecule has 0 spiro atoms. The summed E-state index contributed by atoms with van der Waals surface area (Å²) in [5.74, 6) is -0.760. The van der Waals surface area contributed by atoms with E-state index in [1.165, 1.54) is 24.3 Å². The van der Waals surface area contributed by atoms with Crippen LogP contribution in [0.1, 0.15) is 52.4 Å². The number of hydrazone groups is 1. The predicted molar refractivity (Wildman–Crippen MR) is 67.8 cm³/mol. The summed E-state index contributed by atoms with van der Waals surface area (Å²) in [4.78, 5) is 23.6. The number of hydrogen-bond donors (Lipinski definition) is 0. The fourth-order valence-corrected chi connectivity index (χ4v) is 2.13. The highest BCUT2D eigenvalue weighted by Gasteiger charge is 2.36. The molecule has 1 atom stereocenters. The van der Waals surface area contributed by atoms with E-state index >= 15 is 0 Å². The van der Waals surface area contributed by atoms with Gasteiger partial charge in [-0.15, -0.1) is 0 Å². The molecule has 0 fully saturated rings. The van der Waals surface area contributed by atoms with Crippen LogP contribution in [0.5, 0.6) is 0 Å². The molecule has 0 radical (unpaired) electrons. The number of hydrogen-bond acceptors (Lipinski definition) is 3. The topological polar surface area (TPSA) is 49.7 Å². The molecule has 1 unspecified atom stereocenters. The van der Waals surface area contributed by atoms with Crippen molar-refractivity contribution in [3.05, 3.63) is 0 Å². The first kappa shape index (κ1) is 13.9. The van der Waals surface area contributed by atoms with Crippen molar-refractivity contribution in [1.82, 2.24) is 5.01 Å². The van der Waals surface area contributed by atoms with Crippen molar-refractivity contribution >= 4 is 17.4 Å². The molecule has 0 aromatic heterocycles. The van der Waals surface area contributed by atoms with Crippen molar-refractivity contribution in [3.63, 3.8) is 0 Å². The number of ketones is 1. The van der Waals surface area contributed by atoms with Gasteiger partial charge in [-0.25, -0.2) is 5.01 Å². The zero-order valence-corrected chi connectivity index (χ0v) is 11.0. The van der Waals surface area contributed by atoms with Gasteiger partial charge in [0, 0.05) is 13.5 Å². The molecule has 4 heteroatoms. The second-order valence-corrected chi connectivity index (χ2v) is 4.67. The lowest BCUT2D eigenvalue weighted by molar-refractivity contribution is -0.135. The molecule has 4 nitrogen and oxygen atoms in total. The van der Waals surface area contributed by atoms with Gasteiger partial charge in [-0.05, 0) is 13.3 Å². The number of amides is 1. The Hall–Kier alpha value is -1.19. The summed E-state index contributed by atoms with van der Waals surface area (Å²) in [6, 6.07) is 0. The Labute approximate surface area is 103 Å². The van der Waals surface area contributed by atoms with Gasteiger partial charge in [-0.2, -0.15) is 5.10 Å². The van der Waals surface area contributed by atoms with Crippen LogP contribution in [0.25, 0.3) is 0 Å². The normalized spacial score (nSPS) is 19.7. The van der Waals surface area contributed by atoms with E-state index in [0.717, 1.165) is 12.8 Å². The third kappa shape index (κ3) is 3.65. The fraction of sp³-hybridized carbons (Fsp3) is 0.769. The zero-order valence-electron chi connectivity index (χ0n) is 11.0. The van der Waals surface area contributed by atoms with Crippen LogP contribution in [-0.4, -0.2) is 29.5 Å². The molecule has 0 saturated carbocycles. The lowest BCUT2D eigenvalue weighted by atomic mass is 9.95. The molecule has 1 heterocycles. The summed E-state index contributed by atoms with van der Waals surface area (Å²) in [7, 11) is 1.60. The second-order valence-electron chi connectivity index (χ2n) is 4.67. The smallest absolute Gasteiger partial charge is 0.258 e. The summed E-state index contributed by atoms with van der Waals surface area (Å²) in [6.45, 7) is 3.92. The standard InChI is InChI=1S/C13H22N2O2/c1-4-5-6-7-8-9-11(16)12-10(2)14-15(3)13(12)17/h12H,4-9H2,1-3H3. The second kappa shape index (κ2) is 6.52. The van der Waals surface area contributed by atoms with Crippen LogP contribution in [0.15, 0.2) is 5.10 Å². The Kier molecular flexibility index (Phi) is 5.32. The molecule has 1 aliphatic heterocycles. The monoisotopic (exact) mass is 238 g/mol. The van der Waals surface area contributed by atoms with Crippen molar-refractivity contribution in [1.29, 1.82) is 0 Å².